The number of aryl methyl sites for hydroxylation is 5. The highest BCUT2D eigenvalue weighted by Crippen LogP contribution is 2.26. The van der Waals surface area contributed by atoms with E-state index < -0.39 is 0 Å². The van der Waals surface area contributed by atoms with E-state index in [1.807, 2.05) is 19.4 Å². The van der Waals surface area contributed by atoms with Gasteiger partial charge in [-0.25, -0.2) is 4.98 Å². The molecule has 1 unspecified atom stereocenters. The van der Waals surface area contributed by atoms with Gasteiger partial charge in [0.05, 0.1) is 0 Å². The molecule has 1 N–H and O–H groups in total. The highest BCUT2D eigenvalue weighted by atomic mass is 15.0. The molecule has 0 aliphatic heterocycles. The third-order valence-electron chi connectivity index (χ3n) is 4.01. The standard InChI is InChI=1S/C17H25N3/c1-12-10-13(2)17(14(3)11-12)15(18-4)6-7-16-19-8-9-20(16)5/h8-11,15,18H,6-7H2,1-5H3. The van der Waals surface area contributed by atoms with Gasteiger partial charge in [-0.1, -0.05) is 17.7 Å². The molecule has 0 fully saturated rings. The first-order valence-electron chi connectivity index (χ1n) is 7.24. The lowest BCUT2D eigenvalue weighted by Gasteiger charge is -2.22. The maximum atomic E-state index is 4.41. The van der Waals surface area contributed by atoms with Crippen LogP contribution in [-0.4, -0.2) is 16.6 Å². The van der Waals surface area contributed by atoms with Gasteiger partial charge in [0.25, 0.3) is 0 Å². The molecule has 0 bridgehead atoms. The Bertz CT molecular complexity index is 561. The second kappa shape index (κ2) is 6.23. The number of imidazole rings is 1. The Balaban J connectivity index is 2.18. The van der Waals surface area contributed by atoms with Crippen LogP contribution < -0.4 is 5.32 Å². The minimum Gasteiger partial charge on any atom is -0.338 e. The number of benzene rings is 1. The van der Waals surface area contributed by atoms with Crippen LogP contribution >= 0.6 is 0 Å². The molecule has 0 saturated carbocycles. The van der Waals surface area contributed by atoms with Gasteiger partial charge in [-0.2, -0.15) is 0 Å². The number of nitrogens with one attached hydrogen (secondary N) is 1. The third-order valence-corrected chi connectivity index (χ3v) is 4.01. The summed E-state index contributed by atoms with van der Waals surface area (Å²) in [5, 5.41) is 3.46. The predicted molar refractivity (Wildman–Crippen MR) is 84.0 cm³/mol. The Morgan fingerprint density at radius 1 is 1.20 bits per heavy atom. The average molecular weight is 271 g/mol. The maximum Gasteiger partial charge on any atom is 0.108 e. The molecule has 1 aromatic carbocycles. The lowest BCUT2D eigenvalue weighted by molar-refractivity contribution is 0.531. The van der Waals surface area contributed by atoms with E-state index in [0.717, 1.165) is 18.7 Å². The molecule has 0 spiro atoms. The van der Waals surface area contributed by atoms with Crippen molar-refractivity contribution in [3.05, 3.63) is 52.6 Å². The van der Waals surface area contributed by atoms with Gasteiger partial charge in [-0.3, -0.25) is 0 Å². The van der Waals surface area contributed by atoms with Crippen LogP contribution in [0.1, 0.15) is 40.5 Å². The van der Waals surface area contributed by atoms with Crippen LogP contribution in [-0.2, 0) is 13.5 Å². The molecule has 1 atom stereocenters. The van der Waals surface area contributed by atoms with Gasteiger partial charge in [0.15, 0.2) is 0 Å². The summed E-state index contributed by atoms with van der Waals surface area (Å²) in [6.07, 6.45) is 5.92. The van der Waals surface area contributed by atoms with Crippen molar-refractivity contribution < 1.29 is 0 Å². The molecule has 0 amide bonds. The van der Waals surface area contributed by atoms with E-state index in [9.17, 15) is 0 Å². The Morgan fingerprint density at radius 2 is 1.85 bits per heavy atom. The van der Waals surface area contributed by atoms with Crippen LogP contribution in [0.15, 0.2) is 24.5 Å². The van der Waals surface area contributed by atoms with Gasteiger partial charge in [-0.15, -0.1) is 0 Å². The third kappa shape index (κ3) is 3.10. The Kier molecular flexibility index (Phi) is 4.61. The monoisotopic (exact) mass is 271 g/mol. The summed E-state index contributed by atoms with van der Waals surface area (Å²) in [6, 6.07) is 4.92. The molecule has 108 valence electrons. The van der Waals surface area contributed by atoms with Crippen molar-refractivity contribution in [2.45, 2.75) is 39.7 Å². The van der Waals surface area contributed by atoms with Gasteiger partial charge in [-0.05, 0) is 50.9 Å². The predicted octanol–water partition coefficient (Wildman–Crippen LogP) is 3.24. The van der Waals surface area contributed by atoms with Gasteiger partial charge in [0, 0.05) is 31.9 Å². The van der Waals surface area contributed by atoms with E-state index in [2.05, 4.69) is 54.8 Å². The van der Waals surface area contributed by atoms with Crippen LogP contribution in [0.3, 0.4) is 0 Å². The van der Waals surface area contributed by atoms with Gasteiger partial charge in [0.2, 0.25) is 0 Å². The molecule has 1 heterocycles. The van der Waals surface area contributed by atoms with E-state index in [0.29, 0.717) is 6.04 Å². The number of nitrogens with zero attached hydrogens (tertiary/aromatic N) is 2. The maximum absolute atomic E-state index is 4.41. The van der Waals surface area contributed by atoms with E-state index >= 15 is 0 Å². The van der Waals surface area contributed by atoms with Crippen molar-refractivity contribution in [2.24, 2.45) is 7.05 Å². The van der Waals surface area contributed by atoms with Crippen molar-refractivity contribution in [1.82, 2.24) is 14.9 Å². The molecular weight excluding hydrogens is 246 g/mol. The molecule has 0 aliphatic carbocycles. The first kappa shape index (κ1) is 14.8. The minimum atomic E-state index is 0.382. The molecule has 1 aromatic heterocycles. The molecule has 20 heavy (non-hydrogen) atoms. The summed E-state index contributed by atoms with van der Waals surface area (Å²) in [5.74, 6) is 1.15. The van der Waals surface area contributed by atoms with E-state index in [4.69, 9.17) is 0 Å². The van der Waals surface area contributed by atoms with Crippen LogP contribution in [0.4, 0.5) is 0 Å². The summed E-state index contributed by atoms with van der Waals surface area (Å²) in [7, 11) is 4.10. The highest BCUT2D eigenvalue weighted by Gasteiger charge is 2.15. The summed E-state index contributed by atoms with van der Waals surface area (Å²) in [6.45, 7) is 6.58. The largest absolute Gasteiger partial charge is 0.338 e. The molecule has 3 heteroatoms. The van der Waals surface area contributed by atoms with Crippen LogP contribution in [0.25, 0.3) is 0 Å². The lowest BCUT2D eigenvalue weighted by Crippen LogP contribution is -2.20. The topological polar surface area (TPSA) is 29.9 Å². The molecule has 2 rings (SSSR count). The zero-order chi connectivity index (χ0) is 14.7. The van der Waals surface area contributed by atoms with Gasteiger partial charge >= 0.3 is 0 Å². The van der Waals surface area contributed by atoms with Gasteiger partial charge < -0.3 is 9.88 Å². The molecule has 0 radical (unpaired) electrons. The summed E-state index contributed by atoms with van der Waals surface area (Å²) < 4.78 is 2.10. The quantitative estimate of drug-likeness (QED) is 0.904. The fourth-order valence-electron chi connectivity index (χ4n) is 3.08. The Hall–Kier alpha value is -1.61. The van der Waals surface area contributed by atoms with E-state index in [-0.39, 0.29) is 0 Å². The second-order valence-corrected chi connectivity index (χ2v) is 5.65. The normalized spacial score (nSPS) is 12.7. The highest BCUT2D eigenvalue weighted by molar-refractivity contribution is 5.39. The number of hydrogen-bond acceptors (Lipinski definition) is 2. The summed E-state index contributed by atoms with van der Waals surface area (Å²) in [4.78, 5) is 4.41. The summed E-state index contributed by atoms with van der Waals surface area (Å²) >= 11 is 0. The number of aromatic nitrogens is 2. The molecule has 0 saturated heterocycles. The van der Waals surface area contributed by atoms with Crippen molar-refractivity contribution in [3.63, 3.8) is 0 Å². The zero-order valence-corrected chi connectivity index (χ0v) is 13.2. The first-order valence-corrected chi connectivity index (χ1v) is 7.24. The van der Waals surface area contributed by atoms with Crippen LogP contribution in [0.2, 0.25) is 0 Å². The van der Waals surface area contributed by atoms with Crippen molar-refractivity contribution in [1.29, 1.82) is 0 Å². The lowest BCUT2D eigenvalue weighted by atomic mass is 9.91. The summed E-state index contributed by atoms with van der Waals surface area (Å²) in [5.41, 5.74) is 5.53. The SMILES string of the molecule is CNC(CCc1nccn1C)c1c(C)cc(C)cc1C. The van der Waals surface area contributed by atoms with Crippen molar-refractivity contribution >= 4 is 0 Å². The fraction of sp³-hybridized carbons (Fsp3) is 0.471. The smallest absolute Gasteiger partial charge is 0.108 e. The molecule has 0 aliphatic rings. The minimum absolute atomic E-state index is 0.382. The number of rotatable bonds is 5. The van der Waals surface area contributed by atoms with Crippen molar-refractivity contribution in [3.8, 4) is 0 Å². The Morgan fingerprint density at radius 3 is 2.35 bits per heavy atom. The second-order valence-electron chi connectivity index (χ2n) is 5.65. The van der Waals surface area contributed by atoms with Crippen LogP contribution in [0, 0.1) is 20.8 Å². The molecular formula is C17H25N3. The zero-order valence-electron chi connectivity index (χ0n) is 13.2. The van der Waals surface area contributed by atoms with Crippen molar-refractivity contribution in [2.75, 3.05) is 7.05 Å². The molecule has 2 aromatic rings. The first-order chi connectivity index (χ1) is 9.52. The fourth-order valence-corrected chi connectivity index (χ4v) is 3.08. The molecule has 3 nitrogen and oxygen atoms in total. The average Bonchev–Trinajstić information content (AvgIpc) is 2.78. The van der Waals surface area contributed by atoms with E-state index in [1.54, 1.807) is 0 Å². The van der Waals surface area contributed by atoms with E-state index in [1.165, 1.54) is 22.3 Å². The van der Waals surface area contributed by atoms with Gasteiger partial charge in [0.1, 0.15) is 5.82 Å². The van der Waals surface area contributed by atoms with Crippen LogP contribution in [0.5, 0.6) is 0 Å². The number of hydrogen-bond donors (Lipinski definition) is 1. The Labute approximate surface area is 122 Å².